The van der Waals surface area contributed by atoms with E-state index in [0.29, 0.717) is 38.5 Å². The summed E-state index contributed by atoms with van der Waals surface area (Å²) >= 11 is 0. The number of halogens is 3. The molecule has 0 aliphatic heterocycles. The number of methoxy groups -OCH3 is 1. The Morgan fingerprint density at radius 1 is 1.26 bits per heavy atom. The van der Waals surface area contributed by atoms with Gasteiger partial charge in [-0.25, -0.2) is 0 Å². The Labute approximate surface area is 109 Å². The summed E-state index contributed by atoms with van der Waals surface area (Å²) in [7, 11) is 1.56. The fourth-order valence-corrected chi connectivity index (χ4v) is 1.47. The van der Waals surface area contributed by atoms with Crippen LogP contribution in [0.5, 0.6) is 0 Å². The number of alkyl halides is 3. The van der Waals surface area contributed by atoms with Crippen molar-refractivity contribution in [1.29, 1.82) is 0 Å². The Morgan fingerprint density at radius 3 is 2.47 bits per heavy atom. The molecule has 108 valence electrons. The SMILES string of the molecule is COCCN(CCCN)c1ccc(C(F)(F)F)nn1. The number of ether oxygens (including phenoxy) is 1. The molecular weight excluding hydrogens is 261 g/mol. The number of anilines is 1. The molecule has 0 amide bonds. The van der Waals surface area contributed by atoms with Crippen LogP contribution in [0.4, 0.5) is 19.0 Å². The number of nitrogens with two attached hydrogens (primary N) is 1. The molecular formula is C11H17F3N4O. The third kappa shape index (κ3) is 4.99. The Morgan fingerprint density at radius 2 is 2.00 bits per heavy atom. The van der Waals surface area contributed by atoms with Gasteiger partial charge in [0.1, 0.15) is 0 Å². The van der Waals surface area contributed by atoms with Gasteiger partial charge in [-0.3, -0.25) is 0 Å². The molecule has 2 N–H and O–H groups in total. The molecule has 8 heteroatoms. The highest BCUT2D eigenvalue weighted by atomic mass is 19.4. The van der Waals surface area contributed by atoms with Crippen molar-refractivity contribution in [2.75, 3.05) is 38.3 Å². The summed E-state index contributed by atoms with van der Waals surface area (Å²) in [6, 6.07) is 2.23. The van der Waals surface area contributed by atoms with Crippen molar-refractivity contribution in [3.8, 4) is 0 Å². The first-order chi connectivity index (χ1) is 8.99. The highest BCUT2D eigenvalue weighted by molar-refractivity contribution is 5.37. The quantitative estimate of drug-likeness (QED) is 0.814. The molecule has 0 aliphatic rings. The number of hydrogen-bond donors (Lipinski definition) is 1. The highest BCUT2D eigenvalue weighted by Gasteiger charge is 2.33. The molecule has 1 heterocycles. The summed E-state index contributed by atoms with van der Waals surface area (Å²) < 4.78 is 42.1. The van der Waals surface area contributed by atoms with Gasteiger partial charge in [0, 0.05) is 20.2 Å². The Kier molecular flexibility index (Phi) is 5.97. The first-order valence-corrected chi connectivity index (χ1v) is 5.84. The molecule has 0 bridgehead atoms. The lowest BCUT2D eigenvalue weighted by Gasteiger charge is -2.22. The minimum atomic E-state index is -4.47. The maximum absolute atomic E-state index is 12.4. The maximum atomic E-state index is 12.4. The number of nitrogens with zero attached hydrogens (tertiary/aromatic N) is 3. The van der Waals surface area contributed by atoms with Crippen molar-refractivity contribution in [1.82, 2.24) is 10.2 Å². The third-order valence-electron chi connectivity index (χ3n) is 2.46. The van der Waals surface area contributed by atoms with E-state index in [1.807, 2.05) is 0 Å². The van der Waals surface area contributed by atoms with Crippen LogP contribution >= 0.6 is 0 Å². The van der Waals surface area contributed by atoms with Gasteiger partial charge >= 0.3 is 6.18 Å². The molecule has 0 unspecified atom stereocenters. The molecule has 1 aromatic heterocycles. The van der Waals surface area contributed by atoms with Crippen LogP contribution in [0.1, 0.15) is 12.1 Å². The molecule has 1 aromatic rings. The van der Waals surface area contributed by atoms with Gasteiger partial charge in [0.2, 0.25) is 0 Å². The molecule has 5 nitrogen and oxygen atoms in total. The van der Waals surface area contributed by atoms with E-state index in [4.69, 9.17) is 10.5 Å². The fourth-order valence-electron chi connectivity index (χ4n) is 1.47. The van der Waals surface area contributed by atoms with Crippen LogP contribution in [0.25, 0.3) is 0 Å². The fraction of sp³-hybridized carbons (Fsp3) is 0.636. The summed E-state index contributed by atoms with van der Waals surface area (Å²) in [5.74, 6) is 0.388. The zero-order valence-electron chi connectivity index (χ0n) is 10.7. The van der Waals surface area contributed by atoms with Crippen molar-refractivity contribution in [2.24, 2.45) is 5.73 Å². The number of rotatable bonds is 7. The summed E-state index contributed by atoms with van der Waals surface area (Å²) in [4.78, 5) is 1.80. The monoisotopic (exact) mass is 278 g/mol. The Balaban J connectivity index is 2.78. The van der Waals surface area contributed by atoms with Gasteiger partial charge in [-0.2, -0.15) is 13.2 Å². The van der Waals surface area contributed by atoms with Crippen LogP contribution in [-0.2, 0) is 10.9 Å². The average Bonchev–Trinajstić information content (AvgIpc) is 2.38. The molecule has 0 atom stereocenters. The van der Waals surface area contributed by atoms with Gasteiger partial charge < -0.3 is 15.4 Å². The smallest absolute Gasteiger partial charge is 0.383 e. The second-order valence-corrected chi connectivity index (χ2v) is 3.90. The minimum Gasteiger partial charge on any atom is -0.383 e. The van der Waals surface area contributed by atoms with Crippen LogP contribution < -0.4 is 10.6 Å². The molecule has 19 heavy (non-hydrogen) atoms. The van der Waals surface area contributed by atoms with Crippen LogP contribution in [0, 0.1) is 0 Å². The van der Waals surface area contributed by atoms with Crippen LogP contribution in [0.3, 0.4) is 0 Å². The van der Waals surface area contributed by atoms with E-state index in [0.717, 1.165) is 6.07 Å². The second-order valence-electron chi connectivity index (χ2n) is 3.90. The highest BCUT2D eigenvalue weighted by Crippen LogP contribution is 2.27. The van der Waals surface area contributed by atoms with Crippen LogP contribution in [0.2, 0.25) is 0 Å². The van der Waals surface area contributed by atoms with Crippen molar-refractivity contribution in [3.05, 3.63) is 17.8 Å². The lowest BCUT2D eigenvalue weighted by Crippen LogP contribution is -2.30. The van der Waals surface area contributed by atoms with Gasteiger partial charge in [0.05, 0.1) is 6.61 Å². The van der Waals surface area contributed by atoms with E-state index in [1.54, 1.807) is 12.0 Å². The minimum absolute atomic E-state index is 0.388. The second kappa shape index (κ2) is 7.25. The first kappa shape index (κ1) is 15.6. The largest absolute Gasteiger partial charge is 0.435 e. The van der Waals surface area contributed by atoms with Gasteiger partial charge in [-0.15, -0.1) is 10.2 Å². The number of hydrogen-bond acceptors (Lipinski definition) is 5. The van der Waals surface area contributed by atoms with E-state index >= 15 is 0 Å². The van der Waals surface area contributed by atoms with E-state index in [2.05, 4.69) is 10.2 Å². The lowest BCUT2D eigenvalue weighted by molar-refractivity contribution is -0.141. The van der Waals surface area contributed by atoms with Crippen molar-refractivity contribution < 1.29 is 17.9 Å². The van der Waals surface area contributed by atoms with Gasteiger partial charge in [-0.1, -0.05) is 0 Å². The summed E-state index contributed by atoms with van der Waals surface area (Å²) in [6.07, 6.45) is -3.76. The molecule has 0 aliphatic carbocycles. The normalized spacial score (nSPS) is 11.6. The summed E-state index contributed by atoms with van der Waals surface area (Å²) in [5, 5.41) is 6.81. The number of aromatic nitrogens is 2. The molecule has 0 saturated heterocycles. The molecule has 0 aromatic carbocycles. The molecule has 0 fully saturated rings. The van der Waals surface area contributed by atoms with Crippen molar-refractivity contribution in [3.63, 3.8) is 0 Å². The van der Waals surface area contributed by atoms with E-state index in [9.17, 15) is 13.2 Å². The molecule has 0 spiro atoms. The van der Waals surface area contributed by atoms with E-state index in [-0.39, 0.29) is 0 Å². The summed E-state index contributed by atoms with van der Waals surface area (Å²) in [6.45, 7) is 2.07. The van der Waals surface area contributed by atoms with Crippen molar-refractivity contribution >= 4 is 5.82 Å². The standard InChI is InChI=1S/C11H17F3N4O/c1-19-8-7-18(6-2-5-15)10-4-3-9(16-17-10)11(12,13)14/h3-4H,2,5-8,15H2,1H3. The molecule has 1 rings (SSSR count). The molecule has 0 saturated carbocycles. The average molecular weight is 278 g/mol. The van der Waals surface area contributed by atoms with Crippen LogP contribution in [0.15, 0.2) is 12.1 Å². The predicted molar refractivity (Wildman–Crippen MR) is 64.8 cm³/mol. The summed E-state index contributed by atoms with van der Waals surface area (Å²) in [5.41, 5.74) is 4.42. The van der Waals surface area contributed by atoms with Gasteiger partial charge in [-0.05, 0) is 25.1 Å². The van der Waals surface area contributed by atoms with E-state index < -0.39 is 11.9 Å². The van der Waals surface area contributed by atoms with Gasteiger partial charge in [0.15, 0.2) is 11.5 Å². The predicted octanol–water partition coefficient (Wildman–Crippen LogP) is 1.30. The third-order valence-corrected chi connectivity index (χ3v) is 2.46. The first-order valence-electron chi connectivity index (χ1n) is 5.84. The van der Waals surface area contributed by atoms with Crippen molar-refractivity contribution in [2.45, 2.75) is 12.6 Å². The van der Waals surface area contributed by atoms with Crippen LogP contribution in [-0.4, -0.2) is 43.5 Å². The topological polar surface area (TPSA) is 64.3 Å². The van der Waals surface area contributed by atoms with E-state index in [1.165, 1.54) is 6.07 Å². The maximum Gasteiger partial charge on any atom is 0.435 e. The van der Waals surface area contributed by atoms with Gasteiger partial charge in [0.25, 0.3) is 0 Å². The molecule has 0 radical (unpaired) electrons. The zero-order chi connectivity index (χ0) is 14.3. The Hall–Kier alpha value is -1.41. The zero-order valence-corrected chi connectivity index (χ0v) is 10.7. The Bertz CT molecular complexity index is 361. The lowest BCUT2D eigenvalue weighted by atomic mass is 10.3.